The fourth-order valence-corrected chi connectivity index (χ4v) is 3.38. The number of amides is 1. The lowest BCUT2D eigenvalue weighted by atomic mass is 10.2. The highest BCUT2D eigenvalue weighted by molar-refractivity contribution is 7.99. The van der Waals surface area contributed by atoms with Crippen molar-refractivity contribution < 1.29 is 4.79 Å². The first-order valence-corrected chi connectivity index (χ1v) is 9.49. The van der Waals surface area contributed by atoms with Gasteiger partial charge in [-0.3, -0.25) is 9.89 Å². The summed E-state index contributed by atoms with van der Waals surface area (Å²) in [6.45, 7) is 0.527. The zero-order chi connectivity index (χ0) is 18.6. The van der Waals surface area contributed by atoms with E-state index in [4.69, 9.17) is 0 Å². The van der Waals surface area contributed by atoms with Crippen LogP contribution in [0.5, 0.6) is 0 Å². The van der Waals surface area contributed by atoms with Gasteiger partial charge in [-0.1, -0.05) is 42.1 Å². The number of imidazole rings is 1. The van der Waals surface area contributed by atoms with Crippen molar-refractivity contribution in [3.8, 4) is 11.4 Å². The number of H-pyrrole nitrogens is 1. The van der Waals surface area contributed by atoms with Crippen molar-refractivity contribution in [2.24, 2.45) is 7.05 Å². The Morgan fingerprint density at radius 2 is 2.07 bits per heavy atom. The number of fused-ring (bicyclic) bond motifs is 1. The van der Waals surface area contributed by atoms with E-state index in [0.29, 0.717) is 23.0 Å². The van der Waals surface area contributed by atoms with E-state index in [9.17, 15) is 4.79 Å². The number of nitrogens with zero attached hydrogens (tertiary/aromatic N) is 4. The van der Waals surface area contributed by atoms with Gasteiger partial charge in [0.05, 0.1) is 17.4 Å². The van der Waals surface area contributed by atoms with E-state index in [0.717, 1.165) is 22.4 Å². The Morgan fingerprint density at radius 3 is 2.93 bits per heavy atom. The topological polar surface area (TPSA) is 88.5 Å². The molecule has 7 nitrogen and oxygen atoms in total. The average molecular weight is 378 g/mol. The standard InChI is InChI=1S/C19H18N6OS/c1-25-12-21-15-11-14(7-8-16(15)25)18(26)20-9-10-27-19-22-17(23-24-19)13-5-3-2-4-6-13/h2-8,11-12H,9-10H2,1H3,(H,20,26)(H,22,23,24). The van der Waals surface area contributed by atoms with Crippen molar-refractivity contribution in [3.63, 3.8) is 0 Å². The number of thioether (sulfide) groups is 1. The molecule has 2 aromatic carbocycles. The minimum atomic E-state index is -0.108. The zero-order valence-electron chi connectivity index (χ0n) is 14.7. The van der Waals surface area contributed by atoms with Crippen molar-refractivity contribution in [1.29, 1.82) is 0 Å². The third-order valence-corrected chi connectivity index (χ3v) is 4.97. The first kappa shape index (κ1) is 17.3. The Labute approximate surface area is 160 Å². The lowest BCUT2D eigenvalue weighted by molar-refractivity contribution is 0.0956. The maximum Gasteiger partial charge on any atom is 0.251 e. The van der Waals surface area contributed by atoms with Gasteiger partial charge < -0.3 is 9.88 Å². The molecule has 0 saturated heterocycles. The van der Waals surface area contributed by atoms with Crippen molar-refractivity contribution in [3.05, 3.63) is 60.4 Å². The van der Waals surface area contributed by atoms with Crippen molar-refractivity contribution in [2.75, 3.05) is 12.3 Å². The van der Waals surface area contributed by atoms with E-state index in [1.807, 2.05) is 54.1 Å². The summed E-state index contributed by atoms with van der Waals surface area (Å²) in [5.74, 6) is 1.32. The van der Waals surface area contributed by atoms with E-state index in [1.54, 1.807) is 12.4 Å². The molecule has 2 N–H and O–H groups in total. The van der Waals surface area contributed by atoms with Crippen molar-refractivity contribution in [2.45, 2.75) is 5.16 Å². The largest absolute Gasteiger partial charge is 0.351 e. The van der Waals surface area contributed by atoms with Crippen LogP contribution in [-0.2, 0) is 7.05 Å². The number of carbonyl (C=O) groups excluding carboxylic acids is 1. The number of aromatic nitrogens is 5. The van der Waals surface area contributed by atoms with Crippen LogP contribution < -0.4 is 5.32 Å². The average Bonchev–Trinajstić information content (AvgIpc) is 3.32. The summed E-state index contributed by atoms with van der Waals surface area (Å²) in [7, 11) is 1.93. The molecule has 27 heavy (non-hydrogen) atoms. The summed E-state index contributed by atoms with van der Waals surface area (Å²) in [5.41, 5.74) is 3.42. The smallest absolute Gasteiger partial charge is 0.251 e. The summed E-state index contributed by atoms with van der Waals surface area (Å²) in [4.78, 5) is 21.1. The molecule has 136 valence electrons. The molecule has 2 heterocycles. The van der Waals surface area contributed by atoms with E-state index in [2.05, 4.69) is 25.5 Å². The number of nitrogens with one attached hydrogen (secondary N) is 2. The first-order chi connectivity index (χ1) is 13.2. The van der Waals surface area contributed by atoms with Gasteiger partial charge in [0.2, 0.25) is 5.16 Å². The normalized spacial score (nSPS) is 11.0. The SMILES string of the molecule is Cn1cnc2cc(C(=O)NCCSc3n[nH]c(-c4ccccc4)n3)ccc21. The summed E-state index contributed by atoms with van der Waals surface area (Å²) in [6, 6.07) is 15.4. The summed E-state index contributed by atoms with van der Waals surface area (Å²) in [5, 5.41) is 10.7. The van der Waals surface area contributed by atoms with E-state index >= 15 is 0 Å². The summed E-state index contributed by atoms with van der Waals surface area (Å²) >= 11 is 1.50. The minimum Gasteiger partial charge on any atom is -0.351 e. The molecule has 0 aliphatic heterocycles. The maximum atomic E-state index is 12.3. The molecule has 0 aliphatic rings. The Bertz CT molecular complexity index is 1070. The molecule has 4 rings (SSSR count). The van der Waals surface area contributed by atoms with Gasteiger partial charge in [-0.15, -0.1) is 5.10 Å². The highest BCUT2D eigenvalue weighted by Gasteiger charge is 2.09. The van der Waals surface area contributed by atoms with Gasteiger partial charge in [0, 0.05) is 30.5 Å². The summed E-state index contributed by atoms with van der Waals surface area (Å²) in [6.07, 6.45) is 1.74. The van der Waals surface area contributed by atoms with Gasteiger partial charge in [0.1, 0.15) is 0 Å². The lowest BCUT2D eigenvalue weighted by Gasteiger charge is -2.04. The molecular formula is C19H18N6OS. The van der Waals surface area contributed by atoms with Crippen LogP contribution in [0, 0.1) is 0 Å². The van der Waals surface area contributed by atoms with Gasteiger partial charge >= 0.3 is 0 Å². The Morgan fingerprint density at radius 1 is 1.22 bits per heavy atom. The third kappa shape index (κ3) is 3.85. The van der Waals surface area contributed by atoms with Crippen LogP contribution in [0.1, 0.15) is 10.4 Å². The first-order valence-electron chi connectivity index (χ1n) is 8.50. The molecular weight excluding hydrogens is 360 g/mol. The fraction of sp³-hybridized carbons (Fsp3) is 0.158. The minimum absolute atomic E-state index is 0.108. The monoisotopic (exact) mass is 378 g/mol. The van der Waals surface area contributed by atoms with Crippen LogP contribution in [0.25, 0.3) is 22.4 Å². The second-order valence-corrected chi connectivity index (χ2v) is 7.06. The molecule has 1 amide bonds. The third-order valence-electron chi connectivity index (χ3n) is 4.12. The Hall–Kier alpha value is -3.13. The molecule has 0 unspecified atom stereocenters. The molecule has 0 radical (unpaired) electrons. The number of aromatic amines is 1. The zero-order valence-corrected chi connectivity index (χ0v) is 15.5. The number of benzene rings is 2. The molecule has 0 aliphatic carbocycles. The molecule has 0 fully saturated rings. The second kappa shape index (κ2) is 7.63. The number of aryl methyl sites for hydroxylation is 1. The molecule has 0 spiro atoms. The van der Waals surface area contributed by atoms with Gasteiger partial charge in [-0.2, -0.15) is 0 Å². The van der Waals surface area contributed by atoms with Gasteiger partial charge in [-0.05, 0) is 18.2 Å². The molecule has 0 atom stereocenters. The Kier molecular flexibility index (Phi) is 4.88. The highest BCUT2D eigenvalue weighted by Crippen LogP contribution is 2.18. The fourth-order valence-electron chi connectivity index (χ4n) is 2.72. The van der Waals surface area contributed by atoms with Crippen molar-refractivity contribution >= 4 is 28.7 Å². The number of hydrogen-bond donors (Lipinski definition) is 2. The number of hydrogen-bond acceptors (Lipinski definition) is 5. The summed E-state index contributed by atoms with van der Waals surface area (Å²) < 4.78 is 1.92. The quantitative estimate of drug-likeness (QED) is 0.398. The molecule has 8 heteroatoms. The van der Waals surface area contributed by atoms with Crippen molar-refractivity contribution in [1.82, 2.24) is 30.0 Å². The number of rotatable bonds is 6. The van der Waals surface area contributed by atoms with E-state index in [1.165, 1.54) is 11.8 Å². The van der Waals surface area contributed by atoms with Crippen LogP contribution in [0.4, 0.5) is 0 Å². The van der Waals surface area contributed by atoms with Gasteiger partial charge in [0.15, 0.2) is 5.82 Å². The maximum absolute atomic E-state index is 12.3. The van der Waals surface area contributed by atoms with Gasteiger partial charge in [0.25, 0.3) is 5.91 Å². The predicted octanol–water partition coefficient (Wildman–Crippen LogP) is 2.88. The van der Waals surface area contributed by atoms with Crippen LogP contribution in [0.15, 0.2) is 60.0 Å². The van der Waals surface area contributed by atoms with Crippen LogP contribution in [-0.4, -0.2) is 42.9 Å². The molecule has 2 aromatic heterocycles. The molecule has 0 saturated carbocycles. The number of carbonyl (C=O) groups is 1. The van der Waals surface area contributed by atoms with E-state index in [-0.39, 0.29) is 5.91 Å². The van der Waals surface area contributed by atoms with Gasteiger partial charge in [-0.25, -0.2) is 9.97 Å². The molecule has 4 aromatic rings. The van der Waals surface area contributed by atoms with Crippen LogP contribution in [0.2, 0.25) is 0 Å². The second-order valence-electron chi connectivity index (χ2n) is 6.00. The van der Waals surface area contributed by atoms with E-state index < -0.39 is 0 Å². The highest BCUT2D eigenvalue weighted by atomic mass is 32.2. The predicted molar refractivity (Wildman–Crippen MR) is 106 cm³/mol. The Balaban J connectivity index is 1.29. The van der Waals surface area contributed by atoms with Crippen LogP contribution >= 0.6 is 11.8 Å². The van der Waals surface area contributed by atoms with Crippen LogP contribution in [0.3, 0.4) is 0 Å². The molecule has 0 bridgehead atoms. The lowest BCUT2D eigenvalue weighted by Crippen LogP contribution is -2.25.